The number of benzene rings is 2. The fraction of sp³-hybridized carbons (Fsp3) is 0.333. The van der Waals surface area contributed by atoms with Crippen LogP contribution in [0.25, 0.3) is 0 Å². The Bertz CT molecular complexity index is 577. The predicted octanol–water partition coefficient (Wildman–Crippen LogP) is 4.38. The molecule has 0 aromatic heterocycles. The maximum atomic E-state index is 6.09. The van der Waals surface area contributed by atoms with Crippen molar-refractivity contribution in [1.82, 2.24) is 0 Å². The average Bonchev–Trinajstić information content (AvgIpc) is 2.43. The van der Waals surface area contributed by atoms with E-state index in [4.69, 9.17) is 10.5 Å². The first-order valence-corrected chi connectivity index (χ1v) is 7.18. The van der Waals surface area contributed by atoms with Gasteiger partial charge in [-0.2, -0.15) is 0 Å². The van der Waals surface area contributed by atoms with Crippen LogP contribution < -0.4 is 10.5 Å². The first-order chi connectivity index (χ1) is 9.60. The molecule has 0 saturated heterocycles. The number of rotatable bonds is 5. The zero-order valence-corrected chi connectivity index (χ0v) is 12.5. The van der Waals surface area contributed by atoms with Gasteiger partial charge in [-0.3, -0.25) is 0 Å². The molecule has 2 aromatic rings. The Morgan fingerprint density at radius 1 is 1.05 bits per heavy atom. The van der Waals surface area contributed by atoms with Crippen molar-refractivity contribution in [2.45, 2.75) is 39.7 Å². The molecule has 0 radical (unpaired) electrons. The van der Waals surface area contributed by atoms with Crippen molar-refractivity contribution in [3.63, 3.8) is 0 Å². The van der Waals surface area contributed by atoms with E-state index in [0.29, 0.717) is 0 Å². The van der Waals surface area contributed by atoms with Gasteiger partial charge in [-0.1, -0.05) is 42.8 Å². The molecule has 0 fully saturated rings. The molecule has 2 aromatic carbocycles. The molecule has 2 nitrogen and oxygen atoms in total. The smallest absolute Gasteiger partial charge is 0.130 e. The Kier molecular flexibility index (Phi) is 4.80. The van der Waals surface area contributed by atoms with Gasteiger partial charge >= 0.3 is 0 Å². The highest BCUT2D eigenvalue weighted by Crippen LogP contribution is 2.29. The summed E-state index contributed by atoms with van der Waals surface area (Å²) in [5.74, 6) is 1.82. The minimum Gasteiger partial charge on any atom is -0.457 e. The molecule has 2 N–H and O–H groups in total. The number of ether oxygens (including phenoxy) is 1. The highest BCUT2D eigenvalue weighted by molar-refractivity contribution is 5.42. The SMILES string of the molecule is CCC(N)Cc1ccccc1Oc1ccc(C)cc1C. The van der Waals surface area contributed by atoms with Crippen LogP contribution in [0.2, 0.25) is 0 Å². The topological polar surface area (TPSA) is 35.2 Å². The van der Waals surface area contributed by atoms with E-state index in [9.17, 15) is 0 Å². The van der Waals surface area contributed by atoms with Crippen LogP contribution in [0.15, 0.2) is 42.5 Å². The molecule has 0 aliphatic rings. The highest BCUT2D eigenvalue weighted by atomic mass is 16.5. The zero-order chi connectivity index (χ0) is 14.5. The minimum absolute atomic E-state index is 0.180. The summed E-state index contributed by atoms with van der Waals surface area (Å²) in [7, 11) is 0. The molecule has 0 heterocycles. The first kappa shape index (κ1) is 14.6. The van der Waals surface area contributed by atoms with Gasteiger partial charge in [-0.15, -0.1) is 0 Å². The quantitative estimate of drug-likeness (QED) is 0.874. The number of aryl methyl sites for hydroxylation is 2. The summed E-state index contributed by atoms with van der Waals surface area (Å²) in [5.41, 5.74) is 9.63. The minimum atomic E-state index is 0.180. The van der Waals surface area contributed by atoms with Crippen LogP contribution in [0, 0.1) is 13.8 Å². The third-order valence-electron chi connectivity index (χ3n) is 3.53. The number of para-hydroxylation sites is 1. The lowest BCUT2D eigenvalue weighted by Crippen LogP contribution is -2.21. The largest absolute Gasteiger partial charge is 0.457 e. The number of hydrogen-bond acceptors (Lipinski definition) is 2. The van der Waals surface area contributed by atoms with E-state index in [1.165, 1.54) is 11.1 Å². The summed E-state index contributed by atoms with van der Waals surface area (Å²) in [6.07, 6.45) is 1.81. The molecule has 0 aliphatic carbocycles. The van der Waals surface area contributed by atoms with Crippen molar-refractivity contribution < 1.29 is 4.74 Å². The van der Waals surface area contributed by atoms with E-state index in [2.05, 4.69) is 39.0 Å². The highest BCUT2D eigenvalue weighted by Gasteiger charge is 2.09. The van der Waals surface area contributed by atoms with Gasteiger partial charge in [0.1, 0.15) is 11.5 Å². The van der Waals surface area contributed by atoms with Gasteiger partial charge in [0.2, 0.25) is 0 Å². The Hall–Kier alpha value is -1.80. The summed E-state index contributed by atoms with van der Waals surface area (Å²) >= 11 is 0. The fourth-order valence-electron chi connectivity index (χ4n) is 2.23. The second kappa shape index (κ2) is 6.58. The summed E-state index contributed by atoms with van der Waals surface area (Å²) < 4.78 is 6.09. The third-order valence-corrected chi connectivity index (χ3v) is 3.53. The Morgan fingerprint density at radius 3 is 2.50 bits per heavy atom. The maximum absolute atomic E-state index is 6.09. The maximum Gasteiger partial charge on any atom is 0.130 e. The van der Waals surface area contributed by atoms with Crippen molar-refractivity contribution in [3.8, 4) is 11.5 Å². The molecule has 1 unspecified atom stereocenters. The van der Waals surface area contributed by atoms with Gasteiger partial charge in [0.25, 0.3) is 0 Å². The molecule has 0 spiro atoms. The van der Waals surface area contributed by atoms with Crippen LogP contribution in [-0.4, -0.2) is 6.04 Å². The molecular formula is C18H23NO. The van der Waals surface area contributed by atoms with E-state index < -0.39 is 0 Å². The van der Waals surface area contributed by atoms with Gasteiger partial charge in [0.05, 0.1) is 0 Å². The predicted molar refractivity (Wildman–Crippen MR) is 84.4 cm³/mol. The molecule has 0 aliphatic heterocycles. The fourth-order valence-corrected chi connectivity index (χ4v) is 2.23. The molecule has 20 heavy (non-hydrogen) atoms. The van der Waals surface area contributed by atoms with Gasteiger partial charge in [-0.05, 0) is 49.9 Å². The lowest BCUT2D eigenvalue weighted by atomic mass is 10.0. The molecule has 0 amide bonds. The van der Waals surface area contributed by atoms with Gasteiger partial charge in [0, 0.05) is 6.04 Å². The summed E-state index contributed by atoms with van der Waals surface area (Å²) in [4.78, 5) is 0. The Labute approximate surface area is 121 Å². The molecule has 0 saturated carbocycles. The van der Waals surface area contributed by atoms with Gasteiger partial charge < -0.3 is 10.5 Å². The molecule has 1 atom stereocenters. The molecule has 2 rings (SSSR count). The van der Waals surface area contributed by atoms with Gasteiger partial charge in [-0.25, -0.2) is 0 Å². The van der Waals surface area contributed by atoms with Gasteiger partial charge in [0.15, 0.2) is 0 Å². The summed E-state index contributed by atoms with van der Waals surface area (Å²) in [5, 5.41) is 0. The molecular weight excluding hydrogens is 246 g/mol. The second-order valence-corrected chi connectivity index (χ2v) is 5.35. The normalized spacial score (nSPS) is 12.2. The van der Waals surface area contributed by atoms with Crippen LogP contribution in [0.4, 0.5) is 0 Å². The monoisotopic (exact) mass is 269 g/mol. The second-order valence-electron chi connectivity index (χ2n) is 5.35. The van der Waals surface area contributed by atoms with Crippen LogP contribution in [0.1, 0.15) is 30.0 Å². The van der Waals surface area contributed by atoms with Crippen LogP contribution in [0.3, 0.4) is 0 Å². The third kappa shape index (κ3) is 3.61. The van der Waals surface area contributed by atoms with E-state index in [1.54, 1.807) is 0 Å². The van der Waals surface area contributed by atoms with Crippen molar-refractivity contribution in [2.24, 2.45) is 5.73 Å². The lowest BCUT2D eigenvalue weighted by Gasteiger charge is -2.15. The number of hydrogen-bond donors (Lipinski definition) is 1. The van der Waals surface area contributed by atoms with Crippen LogP contribution in [-0.2, 0) is 6.42 Å². The number of nitrogens with two attached hydrogens (primary N) is 1. The van der Waals surface area contributed by atoms with E-state index in [0.717, 1.165) is 29.9 Å². The van der Waals surface area contributed by atoms with Crippen molar-refractivity contribution in [3.05, 3.63) is 59.2 Å². The molecule has 106 valence electrons. The summed E-state index contributed by atoms with van der Waals surface area (Å²) in [6, 6.07) is 14.6. The van der Waals surface area contributed by atoms with Crippen LogP contribution in [0.5, 0.6) is 11.5 Å². The zero-order valence-electron chi connectivity index (χ0n) is 12.5. The molecule has 0 bridgehead atoms. The van der Waals surface area contributed by atoms with Crippen molar-refractivity contribution in [2.75, 3.05) is 0 Å². The average molecular weight is 269 g/mol. The first-order valence-electron chi connectivity index (χ1n) is 7.18. The van der Waals surface area contributed by atoms with E-state index in [1.807, 2.05) is 24.3 Å². The van der Waals surface area contributed by atoms with Crippen LogP contribution >= 0.6 is 0 Å². The van der Waals surface area contributed by atoms with E-state index in [-0.39, 0.29) is 6.04 Å². The van der Waals surface area contributed by atoms with E-state index >= 15 is 0 Å². The van der Waals surface area contributed by atoms with Crippen molar-refractivity contribution in [1.29, 1.82) is 0 Å². The summed E-state index contributed by atoms with van der Waals surface area (Å²) in [6.45, 7) is 6.27. The Balaban J connectivity index is 2.24. The molecule has 2 heteroatoms. The standard InChI is InChI=1S/C18H23NO/c1-4-16(19)12-15-7-5-6-8-18(15)20-17-10-9-13(2)11-14(17)3/h5-11,16H,4,12,19H2,1-3H3. The van der Waals surface area contributed by atoms with Crippen molar-refractivity contribution >= 4 is 0 Å². The Morgan fingerprint density at radius 2 is 1.80 bits per heavy atom. The lowest BCUT2D eigenvalue weighted by molar-refractivity contribution is 0.468.